The summed E-state index contributed by atoms with van der Waals surface area (Å²) in [6.07, 6.45) is 4.39. The van der Waals surface area contributed by atoms with Crippen LogP contribution in [-0.2, 0) is 0 Å². The summed E-state index contributed by atoms with van der Waals surface area (Å²) in [5.41, 5.74) is 0.870. The van der Waals surface area contributed by atoms with E-state index >= 15 is 0 Å². The summed E-state index contributed by atoms with van der Waals surface area (Å²) in [6.45, 7) is 0.934. The van der Waals surface area contributed by atoms with E-state index in [0.717, 1.165) is 0 Å². The molecule has 0 fully saturated rings. The van der Waals surface area contributed by atoms with Crippen molar-refractivity contribution in [3.05, 3.63) is 59.2 Å². The van der Waals surface area contributed by atoms with Gasteiger partial charge in [0.2, 0.25) is 11.6 Å². The molecule has 0 atom stereocenters. The summed E-state index contributed by atoms with van der Waals surface area (Å²) < 4.78 is 11.0. The SMILES string of the molecule is O=[N+]([O-])c1c(Nc2cccnc2)ncnc1Nc1ccc2c(c1)OCCO2. The van der Waals surface area contributed by atoms with Crippen molar-refractivity contribution in [3.8, 4) is 11.5 Å². The molecule has 0 unspecified atom stereocenters. The van der Waals surface area contributed by atoms with Gasteiger partial charge in [-0.2, -0.15) is 0 Å². The van der Waals surface area contributed by atoms with Crippen molar-refractivity contribution in [1.29, 1.82) is 0 Å². The molecule has 27 heavy (non-hydrogen) atoms. The van der Waals surface area contributed by atoms with Gasteiger partial charge in [-0.3, -0.25) is 15.1 Å². The van der Waals surface area contributed by atoms with Crippen molar-refractivity contribution in [2.24, 2.45) is 0 Å². The van der Waals surface area contributed by atoms with Crippen LogP contribution in [0.1, 0.15) is 0 Å². The molecule has 1 aliphatic heterocycles. The molecule has 10 heteroatoms. The molecule has 0 spiro atoms. The standard InChI is InChI=1S/C17H14N6O4/c24-23(25)15-16(19-10-20-17(15)22-12-2-1-5-18-9-12)21-11-3-4-13-14(8-11)27-7-6-26-13/h1-5,8-10H,6-7H2,(H2,19,20,21,22). The van der Waals surface area contributed by atoms with E-state index in [1.807, 2.05) is 0 Å². The Balaban J connectivity index is 1.66. The molecule has 3 aromatic rings. The van der Waals surface area contributed by atoms with Crippen LogP contribution < -0.4 is 20.1 Å². The Bertz CT molecular complexity index is 982. The number of fused-ring (bicyclic) bond motifs is 1. The lowest BCUT2D eigenvalue weighted by Gasteiger charge is -2.19. The summed E-state index contributed by atoms with van der Waals surface area (Å²) in [4.78, 5) is 23.1. The van der Waals surface area contributed by atoms with Crippen LogP contribution in [0.25, 0.3) is 0 Å². The molecular formula is C17H14N6O4. The first-order valence-electron chi connectivity index (χ1n) is 8.04. The zero-order chi connectivity index (χ0) is 18.6. The third-order valence-electron chi connectivity index (χ3n) is 3.73. The second kappa shape index (κ2) is 7.12. The third-order valence-corrected chi connectivity index (χ3v) is 3.73. The smallest absolute Gasteiger partial charge is 0.353 e. The van der Waals surface area contributed by atoms with Crippen molar-refractivity contribution in [2.75, 3.05) is 23.8 Å². The quantitative estimate of drug-likeness (QED) is 0.518. The van der Waals surface area contributed by atoms with Crippen LogP contribution in [0.4, 0.5) is 28.7 Å². The van der Waals surface area contributed by atoms with Gasteiger partial charge in [0.15, 0.2) is 11.5 Å². The summed E-state index contributed by atoms with van der Waals surface area (Å²) >= 11 is 0. The van der Waals surface area contributed by atoms with E-state index in [1.54, 1.807) is 42.7 Å². The number of anilines is 4. The molecule has 136 valence electrons. The van der Waals surface area contributed by atoms with Crippen LogP contribution in [-0.4, -0.2) is 33.1 Å². The Labute approximate surface area is 153 Å². The number of rotatable bonds is 5. The van der Waals surface area contributed by atoms with Crippen molar-refractivity contribution in [1.82, 2.24) is 15.0 Å². The van der Waals surface area contributed by atoms with E-state index in [1.165, 1.54) is 6.33 Å². The molecule has 4 rings (SSSR count). The molecule has 1 aromatic carbocycles. The van der Waals surface area contributed by atoms with E-state index in [0.29, 0.717) is 36.1 Å². The summed E-state index contributed by atoms with van der Waals surface area (Å²) in [6, 6.07) is 8.61. The average molecular weight is 366 g/mol. The topological polar surface area (TPSA) is 124 Å². The van der Waals surface area contributed by atoms with Crippen LogP contribution in [0, 0.1) is 10.1 Å². The van der Waals surface area contributed by atoms with Crippen LogP contribution in [0.5, 0.6) is 11.5 Å². The van der Waals surface area contributed by atoms with Crippen molar-refractivity contribution >= 4 is 28.7 Å². The van der Waals surface area contributed by atoms with Crippen LogP contribution in [0.3, 0.4) is 0 Å². The maximum absolute atomic E-state index is 11.6. The molecule has 10 nitrogen and oxygen atoms in total. The van der Waals surface area contributed by atoms with Gasteiger partial charge < -0.3 is 20.1 Å². The molecule has 3 heterocycles. The minimum absolute atomic E-state index is 0.0538. The molecule has 0 bridgehead atoms. The molecule has 2 aromatic heterocycles. The Hall–Kier alpha value is -3.95. The number of pyridine rings is 1. The first-order valence-corrected chi connectivity index (χ1v) is 8.04. The normalized spacial score (nSPS) is 12.3. The third kappa shape index (κ3) is 3.54. The van der Waals surface area contributed by atoms with Crippen molar-refractivity contribution in [2.45, 2.75) is 0 Å². The molecule has 1 aliphatic rings. The van der Waals surface area contributed by atoms with Gasteiger partial charge in [0.05, 0.1) is 16.8 Å². The Kier molecular flexibility index (Phi) is 4.35. The lowest BCUT2D eigenvalue weighted by molar-refractivity contribution is -0.383. The minimum Gasteiger partial charge on any atom is -0.486 e. The molecule has 0 saturated heterocycles. The largest absolute Gasteiger partial charge is 0.486 e. The number of hydrogen-bond donors (Lipinski definition) is 2. The van der Waals surface area contributed by atoms with Crippen LogP contribution in [0.15, 0.2) is 49.1 Å². The van der Waals surface area contributed by atoms with E-state index in [-0.39, 0.29) is 17.3 Å². The number of aromatic nitrogens is 3. The fourth-order valence-corrected chi connectivity index (χ4v) is 2.57. The van der Waals surface area contributed by atoms with Gasteiger partial charge in [-0.05, 0) is 24.3 Å². The van der Waals surface area contributed by atoms with E-state index in [9.17, 15) is 10.1 Å². The van der Waals surface area contributed by atoms with E-state index in [4.69, 9.17) is 9.47 Å². The van der Waals surface area contributed by atoms with Gasteiger partial charge in [0, 0.05) is 18.0 Å². The first-order chi connectivity index (χ1) is 13.2. The van der Waals surface area contributed by atoms with Crippen molar-refractivity contribution < 1.29 is 14.4 Å². The number of hydrogen-bond acceptors (Lipinski definition) is 9. The van der Waals surface area contributed by atoms with Crippen LogP contribution in [0.2, 0.25) is 0 Å². The molecule has 0 amide bonds. The van der Waals surface area contributed by atoms with Crippen LogP contribution >= 0.6 is 0 Å². The molecule has 0 saturated carbocycles. The average Bonchev–Trinajstić information content (AvgIpc) is 2.68. The first kappa shape index (κ1) is 16.5. The second-order valence-electron chi connectivity index (χ2n) is 5.53. The Morgan fingerprint density at radius 1 is 1.00 bits per heavy atom. The maximum atomic E-state index is 11.6. The summed E-state index contributed by atoms with van der Waals surface area (Å²) in [5.74, 6) is 1.31. The number of nitro groups is 1. The van der Waals surface area contributed by atoms with Gasteiger partial charge in [-0.1, -0.05) is 0 Å². The number of nitrogens with one attached hydrogen (secondary N) is 2. The predicted molar refractivity (Wildman–Crippen MR) is 96.9 cm³/mol. The summed E-state index contributed by atoms with van der Waals surface area (Å²) in [7, 11) is 0. The van der Waals surface area contributed by atoms with Gasteiger partial charge in [-0.25, -0.2) is 9.97 Å². The highest BCUT2D eigenvalue weighted by Gasteiger charge is 2.24. The zero-order valence-electron chi connectivity index (χ0n) is 14.0. The molecule has 2 N–H and O–H groups in total. The Morgan fingerprint density at radius 3 is 2.44 bits per heavy atom. The van der Waals surface area contributed by atoms with Gasteiger partial charge in [0.1, 0.15) is 19.5 Å². The fraction of sp³-hybridized carbons (Fsp3) is 0.118. The lowest BCUT2D eigenvalue weighted by Crippen LogP contribution is -2.15. The molecule has 0 aliphatic carbocycles. The zero-order valence-corrected chi connectivity index (χ0v) is 14.0. The Morgan fingerprint density at radius 2 is 1.74 bits per heavy atom. The monoisotopic (exact) mass is 366 g/mol. The fourth-order valence-electron chi connectivity index (χ4n) is 2.57. The second-order valence-corrected chi connectivity index (χ2v) is 5.53. The van der Waals surface area contributed by atoms with Gasteiger partial charge in [-0.15, -0.1) is 0 Å². The van der Waals surface area contributed by atoms with Crippen molar-refractivity contribution in [3.63, 3.8) is 0 Å². The van der Waals surface area contributed by atoms with Gasteiger partial charge in [0.25, 0.3) is 0 Å². The predicted octanol–water partition coefficient (Wildman–Crippen LogP) is 3.04. The maximum Gasteiger partial charge on any atom is 0.353 e. The highest BCUT2D eigenvalue weighted by Crippen LogP contribution is 2.36. The number of benzene rings is 1. The van der Waals surface area contributed by atoms with E-state index in [2.05, 4.69) is 25.6 Å². The number of ether oxygens (including phenoxy) is 2. The number of nitrogens with zero attached hydrogens (tertiary/aromatic N) is 4. The van der Waals surface area contributed by atoms with E-state index < -0.39 is 4.92 Å². The minimum atomic E-state index is -0.543. The van der Waals surface area contributed by atoms with Gasteiger partial charge >= 0.3 is 5.69 Å². The highest BCUT2D eigenvalue weighted by molar-refractivity contribution is 5.77. The summed E-state index contributed by atoms with van der Waals surface area (Å²) in [5, 5.41) is 17.5. The lowest BCUT2D eigenvalue weighted by atomic mass is 10.2. The highest BCUT2D eigenvalue weighted by atomic mass is 16.6. The molecular weight excluding hydrogens is 352 g/mol. The molecule has 0 radical (unpaired) electrons.